The zero-order valence-corrected chi connectivity index (χ0v) is 14.0. The number of fused-ring (bicyclic) bond motifs is 2. The zero-order chi connectivity index (χ0) is 16.5. The standard InChI is InChI=1S/C6H12O2.C6H10O.CH5NO3S/c1-4-5(2)6(7)8-3;1-2-6-4-3-5(1)7-6;1-5-6(2,3)4/h5H,4H2,1-3H3;5-6H,1-4H2;1H3,(H2,2,3,4). The summed E-state index contributed by atoms with van der Waals surface area (Å²) < 4.78 is 32.7. The number of carbonyl (C=O) groups is 1. The number of methoxy groups -OCH3 is 1. The van der Waals surface area contributed by atoms with Gasteiger partial charge in [0.05, 0.1) is 32.3 Å². The van der Waals surface area contributed by atoms with Crippen LogP contribution in [0.2, 0.25) is 0 Å². The van der Waals surface area contributed by atoms with E-state index in [0.29, 0.717) is 12.2 Å². The Balaban J connectivity index is 0.000000289. The fourth-order valence-corrected chi connectivity index (χ4v) is 1.94. The molecule has 0 spiro atoms. The first-order valence-electron chi connectivity index (χ1n) is 7.05. The Morgan fingerprint density at radius 2 is 1.62 bits per heavy atom. The molecule has 2 aliphatic rings. The van der Waals surface area contributed by atoms with Gasteiger partial charge in [0.15, 0.2) is 0 Å². The lowest BCUT2D eigenvalue weighted by molar-refractivity contribution is -0.144. The topological polar surface area (TPSA) is 105 Å². The molecule has 2 N–H and O–H groups in total. The lowest BCUT2D eigenvalue weighted by Gasteiger charge is -2.02. The van der Waals surface area contributed by atoms with E-state index in [9.17, 15) is 13.2 Å². The van der Waals surface area contributed by atoms with E-state index in [1.165, 1.54) is 32.8 Å². The summed E-state index contributed by atoms with van der Waals surface area (Å²) in [7, 11) is -1.26. The molecular formula is C13H27NO6S. The van der Waals surface area contributed by atoms with Crippen molar-refractivity contribution in [1.82, 2.24) is 0 Å². The van der Waals surface area contributed by atoms with Crippen LogP contribution in [0.1, 0.15) is 46.0 Å². The first kappa shape index (κ1) is 20.3. The van der Waals surface area contributed by atoms with Crippen LogP contribution in [0.3, 0.4) is 0 Å². The van der Waals surface area contributed by atoms with Crippen LogP contribution in [0.5, 0.6) is 0 Å². The van der Waals surface area contributed by atoms with E-state index < -0.39 is 10.3 Å². The Kier molecular flexibility index (Phi) is 9.76. The molecule has 2 aliphatic heterocycles. The normalized spacial score (nSPS) is 24.2. The molecule has 0 aromatic rings. The fraction of sp³-hybridized carbons (Fsp3) is 0.923. The highest BCUT2D eigenvalue weighted by Crippen LogP contribution is 2.33. The molecular weight excluding hydrogens is 298 g/mol. The van der Waals surface area contributed by atoms with Crippen molar-refractivity contribution in [3.8, 4) is 0 Å². The highest BCUT2D eigenvalue weighted by molar-refractivity contribution is 7.84. The zero-order valence-electron chi connectivity index (χ0n) is 13.2. The van der Waals surface area contributed by atoms with Crippen LogP contribution >= 0.6 is 0 Å². The Labute approximate surface area is 127 Å². The van der Waals surface area contributed by atoms with Gasteiger partial charge in [-0.15, -0.1) is 0 Å². The molecule has 1 atom stereocenters. The number of carbonyl (C=O) groups excluding carboxylic acids is 1. The molecule has 0 amide bonds. The summed E-state index contributed by atoms with van der Waals surface area (Å²) in [5, 5.41) is 4.28. The van der Waals surface area contributed by atoms with E-state index in [-0.39, 0.29) is 11.9 Å². The predicted octanol–water partition coefficient (Wildman–Crippen LogP) is 1.37. The average molecular weight is 325 g/mol. The van der Waals surface area contributed by atoms with Crippen molar-refractivity contribution < 1.29 is 26.9 Å². The van der Waals surface area contributed by atoms with Crippen LogP contribution in [0.15, 0.2) is 0 Å². The summed E-state index contributed by atoms with van der Waals surface area (Å²) in [4.78, 5) is 10.5. The lowest BCUT2D eigenvalue weighted by Crippen LogP contribution is -2.12. The molecule has 2 saturated heterocycles. The van der Waals surface area contributed by atoms with Crippen molar-refractivity contribution in [3.05, 3.63) is 0 Å². The number of rotatable bonds is 3. The van der Waals surface area contributed by atoms with Crippen LogP contribution in [0.4, 0.5) is 0 Å². The first-order valence-corrected chi connectivity index (χ1v) is 8.52. The van der Waals surface area contributed by atoms with Gasteiger partial charge in [-0.2, -0.15) is 8.42 Å². The van der Waals surface area contributed by atoms with Crippen molar-refractivity contribution >= 4 is 16.3 Å². The average Bonchev–Trinajstić information content (AvgIpc) is 3.11. The van der Waals surface area contributed by atoms with Crippen LogP contribution in [0.25, 0.3) is 0 Å². The number of hydrogen-bond acceptors (Lipinski definition) is 6. The quantitative estimate of drug-likeness (QED) is 0.786. The Morgan fingerprint density at radius 1 is 1.24 bits per heavy atom. The van der Waals surface area contributed by atoms with Crippen molar-refractivity contribution in [2.75, 3.05) is 14.2 Å². The number of esters is 1. The molecule has 21 heavy (non-hydrogen) atoms. The van der Waals surface area contributed by atoms with Gasteiger partial charge in [-0.1, -0.05) is 13.8 Å². The highest BCUT2D eigenvalue weighted by Gasteiger charge is 2.31. The second-order valence-electron chi connectivity index (χ2n) is 5.03. The summed E-state index contributed by atoms with van der Waals surface area (Å²) >= 11 is 0. The largest absolute Gasteiger partial charge is 0.469 e. The van der Waals surface area contributed by atoms with E-state index in [0.717, 1.165) is 13.5 Å². The Morgan fingerprint density at radius 3 is 1.71 bits per heavy atom. The predicted molar refractivity (Wildman–Crippen MR) is 78.7 cm³/mol. The van der Waals surface area contributed by atoms with E-state index in [4.69, 9.17) is 4.74 Å². The molecule has 2 rings (SSSR count). The molecule has 0 saturated carbocycles. The van der Waals surface area contributed by atoms with Gasteiger partial charge >= 0.3 is 16.3 Å². The second kappa shape index (κ2) is 10.1. The van der Waals surface area contributed by atoms with E-state index in [1.54, 1.807) is 0 Å². The molecule has 2 heterocycles. The van der Waals surface area contributed by atoms with Gasteiger partial charge in [0, 0.05) is 0 Å². The maximum atomic E-state index is 10.5. The van der Waals surface area contributed by atoms with Gasteiger partial charge in [-0.3, -0.25) is 8.98 Å². The summed E-state index contributed by atoms with van der Waals surface area (Å²) in [5.41, 5.74) is 0. The van der Waals surface area contributed by atoms with E-state index >= 15 is 0 Å². The van der Waals surface area contributed by atoms with Crippen molar-refractivity contribution in [2.24, 2.45) is 11.1 Å². The molecule has 2 fully saturated rings. The maximum Gasteiger partial charge on any atom is 0.333 e. The number of hydrogen-bond donors (Lipinski definition) is 1. The molecule has 0 radical (unpaired) electrons. The van der Waals surface area contributed by atoms with Crippen LogP contribution < -0.4 is 5.14 Å². The number of nitrogens with two attached hydrogens (primary N) is 1. The first-order chi connectivity index (χ1) is 9.73. The fourth-order valence-electron chi connectivity index (χ4n) is 1.94. The third kappa shape index (κ3) is 9.78. The molecule has 0 aromatic heterocycles. The third-order valence-electron chi connectivity index (χ3n) is 3.45. The minimum Gasteiger partial charge on any atom is -0.469 e. The molecule has 1 unspecified atom stereocenters. The molecule has 0 aromatic carbocycles. The molecule has 126 valence electrons. The molecule has 8 heteroatoms. The summed E-state index contributed by atoms with van der Waals surface area (Å²) in [6, 6.07) is 0. The monoisotopic (exact) mass is 325 g/mol. The van der Waals surface area contributed by atoms with E-state index in [1.807, 2.05) is 13.8 Å². The van der Waals surface area contributed by atoms with Gasteiger partial charge in [0.2, 0.25) is 0 Å². The van der Waals surface area contributed by atoms with Gasteiger partial charge in [0.1, 0.15) is 0 Å². The third-order valence-corrected chi connectivity index (χ3v) is 3.92. The second-order valence-corrected chi connectivity index (χ2v) is 6.35. The smallest absolute Gasteiger partial charge is 0.333 e. The molecule has 0 aliphatic carbocycles. The molecule has 2 bridgehead atoms. The Hall–Kier alpha value is -0.700. The van der Waals surface area contributed by atoms with Gasteiger partial charge in [-0.05, 0) is 32.1 Å². The summed E-state index contributed by atoms with van der Waals surface area (Å²) in [6.07, 6.45) is 7.55. The summed E-state index contributed by atoms with van der Waals surface area (Å²) in [6.45, 7) is 3.81. The lowest BCUT2D eigenvalue weighted by atomic mass is 10.0. The van der Waals surface area contributed by atoms with Crippen LogP contribution in [0, 0.1) is 5.92 Å². The Bertz CT molecular complexity index is 379. The minimum atomic E-state index is -3.66. The van der Waals surface area contributed by atoms with Crippen molar-refractivity contribution in [1.29, 1.82) is 0 Å². The van der Waals surface area contributed by atoms with Gasteiger partial charge in [0.25, 0.3) is 0 Å². The van der Waals surface area contributed by atoms with Crippen molar-refractivity contribution in [2.45, 2.75) is 58.2 Å². The van der Waals surface area contributed by atoms with Gasteiger partial charge < -0.3 is 9.47 Å². The van der Waals surface area contributed by atoms with Crippen LogP contribution in [-0.2, 0) is 28.8 Å². The minimum absolute atomic E-state index is 0.0556. The number of ether oxygens (including phenoxy) is 2. The van der Waals surface area contributed by atoms with Crippen LogP contribution in [-0.4, -0.2) is 40.8 Å². The maximum absolute atomic E-state index is 10.5. The van der Waals surface area contributed by atoms with E-state index in [2.05, 4.69) is 14.1 Å². The van der Waals surface area contributed by atoms with Gasteiger partial charge in [-0.25, -0.2) is 5.14 Å². The SMILES string of the molecule is C1CC2CCC1O2.CCC(C)C(=O)OC.COS(N)(=O)=O. The summed E-state index contributed by atoms with van der Waals surface area (Å²) in [5.74, 6) is -0.0625. The highest BCUT2D eigenvalue weighted by atomic mass is 32.2. The molecule has 7 nitrogen and oxygen atoms in total. The van der Waals surface area contributed by atoms with Crippen molar-refractivity contribution in [3.63, 3.8) is 0 Å².